The van der Waals surface area contributed by atoms with Crippen molar-refractivity contribution in [1.82, 2.24) is 20.2 Å². The van der Waals surface area contributed by atoms with Crippen molar-refractivity contribution in [3.8, 4) is 0 Å². The monoisotopic (exact) mass is 412 g/mol. The van der Waals surface area contributed by atoms with Crippen LogP contribution in [0.15, 0.2) is 23.2 Å². The van der Waals surface area contributed by atoms with Crippen molar-refractivity contribution >= 4 is 22.7 Å². The normalized spacial score (nSPS) is 17.4. The minimum atomic E-state index is 0.887. The predicted octanol–water partition coefficient (Wildman–Crippen LogP) is 2.72. The zero-order valence-electron chi connectivity index (χ0n) is 16.3. The van der Waals surface area contributed by atoms with Crippen molar-refractivity contribution in [2.24, 2.45) is 0 Å². The molecule has 6 nitrogen and oxygen atoms in total. The molecule has 0 spiro atoms. The van der Waals surface area contributed by atoms with Gasteiger partial charge in [-0.25, -0.2) is 9.97 Å². The van der Waals surface area contributed by atoms with Gasteiger partial charge < -0.3 is 14.8 Å². The van der Waals surface area contributed by atoms with Gasteiger partial charge in [-0.1, -0.05) is 6.92 Å². The SMILES string of the molecule is C1COCCN1.CCCc1nccs1.c1csc(CCN2CCOCC2)n1. The third-order valence-corrected chi connectivity index (χ3v) is 5.70. The Morgan fingerprint density at radius 1 is 0.926 bits per heavy atom. The van der Waals surface area contributed by atoms with Crippen molar-refractivity contribution in [2.45, 2.75) is 26.2 Å². The first-order valence-corrected chi connectivity index (χ1v) is 11.5. The van der Waals surface area contributed by atoms with E-state index >= 15 is 0 Å². The fourth-order valence-corrected chi connectivity index (χ4v) is 3.89. The molecule has 8 heteroatoms. The minimum Gasteiger partial charge on any atom is -0.379 e. The Morgan fingerprint density at radius 3 is 1.96 bits per heavy atom. The molecule has 2 aliphatic heterocycles. The maximum absolute atomic E-state index is 5.28. The predicted molar refractivity (Wildman–Crippen MR) is 113 cm³/mol. The van der Waals surface area contributed by atoms with Crippen LogP contribution in [0.1, 0.15) is 23.4 Å². The number of hydrogen-bond acceptors (Lipinski definition) is 8. The number of nitrogens with one attached hydrogen (secondary N) is 1. The number of nitrogens with zero attached hydrogens (tertiary/aromatic N) is 3. The lowest BCUT2D eigenvalue weighted by Crippen LogP contribution is -2.37. The standard InChI is InChI=1S/C9H14N2OS.C6H9NS.C4H9NO/c1(9-10-2-8-13-9)3-11-4-6-12-7-5-11;1-2-3-6-7-4-5-8-6;1-3-6-4-2-5-1/h2,8H,1,3-7H2;4-5H,2-3H2,1H3;5H,1-4H2. The van der Waals surface area contributed by atoms with Crippen LogP contribution in [-0.2, 0) is 22.3 Å². The van der Waals surface area contributed by atoms with Gasteiger partial charge in [0.25, 0.3) is 0 Å². The van der Waals surface area contributed by atoms with Gasteiger partial charge in [0.05, 0.1) is 36.4 Å². The molecule has 2 aromatic heterocycles. The topological polar surface area (TPSA) is 59.5 Å². The molecule has 152 valence electrons. The summed E-state index contributed by atoms with van der Waals surface area (Å²) in [5, 5.41) is 9.71. The van der Waals surface area contributed by atoms with Gasteiger partial charge in [0, 0.05) is 62.3 Å². The molecule has 2 fully saturated rings. The highest BCUT2D eigenvalue weighted by Crippen LogP contribution is 2.07. The molecule has 1 N–H and O–H groups in total. The van der Waals surface area contributed by atoms with E-state index in [-0.39, 0.29) is 0 Å². The van der Waals surface area contributed by atoms with Gasteiger partial charge in [-0.3, -0.25) is 4.90 Å². The molecule has 4 rings (SSSR count). The smallest absolute Gasteiger partial charge is 0.0937 e. The van der Waals surface area contributed by atoms with Crippen LogP contribution in [0.3, 0.4) is 0 Å². The Bertz CT molecular complexity index is 531. The van der Waals surface area contributed by atoms with E-state index in [2.05, 4.69) is 27.1 Å². The fraction of sp³-hybridized carbons (Fsp3) is 0.684. The summed E-state index contributed by atoms with van der Waals surface area (Å²) in [4.78, 5) is 10.8. The zero-order chi connectivity index (χ0) is 19.0. The molecular formula is C19H32N4O2S2. The maximum atomic E-state index is 5.28. The molecule has 2 aliphatic rings. The molecule has 0 atom stereocenters. The largest absolute Gasteiger partial charge is 0.379 e. The summed E-state index contributed by atoms with van der Waals surface area (Å²) in [6.07, 6.45) is 7.15. The van der Waals surface area contributed by atoms with E-state index in [1.54, 1.807) is 22.7 Å². The van der Waals surface area contributed by atoms with Gasteiger partial charge in [0.1, 0.15) is 0 Å². The van der Waals surface area contributed by atoms with Crippen LogP contribution >= 0.6 is 22.7 Å². The summed E-state index contributed by atoms with van der Waals surface area (Å²) in [7, 11) is 0. The lowest BCUT2D eigenvalue weighted by molar-refractivity contribution is 0.0384. The van der Waals surface area contributed by atoms with E-state index in [1.165, 1.54) is 16.4 Å². The third kappa shape index (κ3) is 10.9. The highest BCUT2D eigenvalue weighted by molar-refractivity contribution is 7.09. The van der Waals surface area contributed by atoms with Crippen LogP contribution in [0.25, 0.3) is 0 Å². The van der Waals surface area contributed by atoms with Crippen LogP contribution in [-0.4, -0.2) is 74.0 Å². The summed E-state index contributed by atoms with van der Waals surface area (Å²) in [6.45, 7) is 11.0. The molecule has 2 aromatic rings. The molecule has 0 saturated carbocycles. The molecular weight excluding hydrogens is 380 g/mol. The maximum Gasteiger partial charge on any atom is 0.0937 e. The average Bonchev–Trinajstić information content (AvgIpc) is 3.44. The van der Waals surface area contributed by atoms with Crippen LogP contribution in [0.2, 0.25) is 0 Å². The summed E-state index contributed by atoms with van der Waals surface area (Å²) in [5.74, 6) is 0. The number of hydrogen-bond donors (Lipinski definition) is 1. The molecule has 0 aliphatic carbocycles. The van der Waals surface area contributed by atoms with Crippen molar-refractivity contribution in [3.05, 3.63) is 33.2 Å². The summed E-state index contributed by atoms with van der Waals surface area (Å²) < 4.78 is 10.3. The van der Waals surface area contributed by atoms with Crippen LogP contribution in [0, 0.1) is 0 Å². The number of aryl methyl sites for hydroxylation is 1. The van der Waals surface area contributed by atoms with Gasteiger partial charge in [-0.05, 0) is 12.8 Å². The van der Waals surface area contributed by atoms with Gasteiger partial charge >= 0.3 is 0 Å². The second kappa shape index (κ2) is 15.1. The first-order valence-electron chi connectivity index (χ1n) is 9.73. The Balaban J connectivity index is 0.000000159. The van der Waals surface area contributed by atoms with Crippen molar-refractivity contribution in [3.63, 3.8) is 0 Å². The molecule has 0 aromatic carbocycles. The molecule has 0 radical (unpaired) electrons. The first-order chi connectivity index (χ1) is 13.4. The second-order valence-electron chi connectivity index (χ2n) is 6.17. The average molecular weight is 413 g/mol. The quantitative estimate of drug-likeness (QED) is 0.815. The van der Waals surface area contributed by atoms with Crippen LogP contribution in [0.5, 0.6) is 0 Å². The molecule has 27 heavy (non-hydrogen) atoms. The van der Waals surface area contributed by atoms with Crippen LogP contribution in [0.4, 0.5) is 0 Å². The summed E-state index contributed by atoms with van der Waals surface area (Å²) in [5.41, 5.74) is 0. The molecule has 0 unspecified atom stereocenters. The fourth-order valence-electron chi connectivity index (χ4n) is 2.56. The van der Waals surface area contributed by atoms with Crippen molar-refractivity contribution in [2.75, 3.05) is 59.2 Å². The van der Waals surface area contributed by atoms with Crippen molar-refractivity contribution < 1.29 is 9.47 Å². The van der Waals surface area contributed by atoms with Crippen molar-refractivity contribution in [1.29, 1.82) is 0 Å². The third-order valence-electron chi connectivity index (χ3n) is 4.02. The summed E-state index contributed by atoms with van der Waals surface area (Å²) in [6, 6.07) is 0. The number of ether oxygens (including phenoxy) is 2. The number of rotatable bonds is 5. The van der Waals surface area contributed by atoms with Crippen LogP contribution < -0.4 is 5.32 Å². The lowest BCUT2D eigenvalue weighted by atomic mass is 10.3. The Kier molecular flexibility index (Phi) is 12.5. The Hall–Kier alpha value is -0.900. The Labute approximate surface area is 170 Å². The van der Waals surface area contributed by atoms with Gasteiger partial charge in [0.15, 0.2) is 0 Å². The highest BCUT2D eigenvalue weighted by atomic mass is 32.1. The van der Waals surface area contributed by atoms with E-state index in [1.807, 2.05) is 23.2 Å². The first kappa shape index (κ1) is 22.4. The zero-order valence-corrected chi connectivity index (χ0v) is 17.9. The number of morpholine rings is 2. The minimum absolute atomic E-state index is 0.887. The Morgan fingerprint density at radius 2 is 1.52 bits per heavy atom. The van der Waals surface area contributed by atoms with Gasteiger partial charge in [-0.2, -0.15) is 0 Å². The molecule has 0 amide bonds. The molecule has 0 bridgehead atoms. The van der Waals surface area contributed by atoms with E-state index in [0.717, 1.165) is 72.0 Å². The van der Waals surface area contributed by atoms with E-state index in [9.17, 15) is 0 Å². The van der Waals surface area contributed by atoms with E-state index in [4.69, 9.17) is 9.47 Å². The summed E-state index contributed by atoms with van der Waals surface area (Å²) >= 11 is 3.48. The van der Waals surface area contributed by atoms with E-state index in [0.29, 0.717) is 0 Å². The number of aromatic nitrogens is 2. The highest BCUT2D eigenvalue weighted by Gasteiger charge is 2.10. The van der Waals surface area contributed by atoms with Gasteiger partial charge in [-0.15, -0.1) is 22.7 Å². The lowest BCUT2D eigenvalue weighted by Gasteiger charge is -2.25. The molecule has 4 heterocycles. The molecule has 2 saturated heterocycles. The van der Waals surface area contributed by atoms with Gasteiger partial charge in [0.2, 0.25) is 0 Å². The second-order valence-corrected chi connectivity index (χ2v) is 8.13. The van der Waals surface area contributed by atoms with E-state index < -0.39 is 0 Å². The number of thiazole rings is 2.